The van der Waals surface area contributed by atoms with E-state index in [2.05, 4.69) is 0 Å². The van der Waals surface area contributed by atoms with Gasteiger partial charge in [-0.3, -0.25) is 0 Å². The van der Waals surface area contributed by atoms with E-state index in [4.69, 9.17) is 69.2 Å². The maximum Gasteiger partial charge on any atom is 0.331 e. The summed E-state index contributed by atoms with van der Waals surface area (Å²) in [6.45, 7) is 26.5. The normalized spacial score (nSPS) is 24.8. The molecule has 50 heavy (non-hydrogen) atoms. The van der Waals surface area contributed by atoms with Gasteiger partial charge in [0.15, 0.2) is 0 Å². The van der Waals surface area contributed by atoms with Crippen LogP contribution >= 0.6 is 0 Å². The molecule has 3 saturated heterocycles. The fourth-order valence-electron chi connectivity index (χ4n) is 3.83. The van der Waals surface area contributed by atoms with Crippen molar-refractivity contribution in [2.24, 2.45) is 0 Å². The molecule has 0 aliphatic carbocycles. The van der Waals surface area contributed by atoms with Crippen LogP contribution in [0, 0.1) is 0 Å². The SMILES string of the molecule is C.C.C[Si]1(C)OCCOCCOCCO1.C[Si]1(C)OCCOCCOCCOCCO1.C[Si]1(C)OCCOCCOCCOCCOCCO1. The van der Waals surface area contributed by atoms with Crippen LogP contribution in [0.15, 0.2) is 0 Å². The van der Waals surface area contributed by atoms with Gasteiger partial charge in [0.05, 0.1) is 159 Å². The third-order valence-corrected chi connectivity index (χ3v) is 11.7. The molecular weight excluding hydrogens is 709 g/mol. The van der Waals surface area contributed by atoms with Crippen molar-refractivity contribution in [2.45, 2.75) is 54.1 Å². The zero-order valence-electron chi connectivity index (χ0n) is 30.6. The average Bonchev–Trinajstić information content (AvgIpc) is 3.08. The van der Waals surface area contributed by atoms with E-state index in [0.29, 0.717) is 159 Å². The molecule has 0 bridgehead atoms. The maximum absolute atomic E-state index is 5.73. The lowest BCUT2D eigenvalue weighted by atomic mass is 10.7. The van der Waals surface area contributed by atoms with Gasteiger partial charge >= 0.3 is 25.7 Å². The summed E-state index contributed by atoms with van der Waals surface area (Å²) in [5.41, 5.74) is 0. The van der Waals surface area contributed by atoms with Crippen molar-refractivity contribution in [3.8, 4) is 0 Å². The molecule has 3 aliphatic rings. The lowest BCUT2D eigenvalue weighted by molar-refractivity contribution is -0.00682. The molecule has 0 aromatic rings. The second kappa shape index (κ2) is 34.8. The molecule has 15 nitrogen and oxygen atoms in total. The van der Waals surface area contributed by atoms with E-state index in [9.17, 15) is 0 Å². The van der Waals surface area contributed by atoms with Crippen molar-refractivity contribution >= 4 is 25.7 Å². The van der Waals surface area contributed by atoms with Crippen molar-refractivity contribution in [3.05, 3.63) is 0 Å². The Labute approximate surface area is 307 Å². The van der Waals surface area contributed by atoms with Gasteiger partial charge in [0, 0.05) is 0 Å². The molecule has 304 valence electrons. The second-order valence-electron chi connectivity index (χ2n) is 11.8. The molecule has 18 heteroatoms. The van der Waals surface area contributed by atoms with Crippen LogP contribution < -0.4 is 0 Å². The Hall–Kier alpha value is 0.0506. The highest BCUT2D eigenvalue weighted by Gasteiger charge is 2.25. The average molecular weight is 783 g/mol. The zero-order valence-corrected chi connectivity index (χ0v) is 33.6. The molecule has 0 N–H and O–H groups in total. The van der Waals surface area contributed by atoms with Crippen LogP contribution in [-0.4, -0.2) is 184 Å². The molecular formula is C32H74O15Si3. The van der Waals surface area contributed by atoms with E-state index in [0.717, 1.165) is 0 Å². The molecule has 3 heterocycles. The molecule has 0 aromatic carbocycles. The van der Waals surface area contributed by atoms with Gasteiger partial charge in [0.25, 0.3) is 0 Å². The summed E-state index contributed by atoms with van der Waals surface area (Å²) >= 11 is 0. The van der Waals surface area contributed by atoms with E-state index in [-0.39, 0.29) is 14.9 Å². The summed E-state index contributed by atoms with van der Waals surface area (Å²) in [5.74, 6) is 0. The lowest BCUT2D eigenvalue weighted by Crippen LogP contribution is -2.37. The van der Waals surface area contributed by atoms with Crippen molar-refractivity contribution < 1.29 is 69.2 Å². The van der Waals surface area contributed by atoms with E-state index in [1.54, 1.807) is 0 Å². The van der Waals surface area contributed by atoms with E-state index >= 15 is 0 Å². The first-order valence-corrected chi connectivity index (χ1v) is 25.6. The van der Waals surface area contributed by atoms with Crippen LogP contribution in [0.4, 0.5) is 0 Å². The zero-order chi connectivity index (χ0) is 35.1. The van der Waals surface area contributed by atoms with E-state index < -0.39 is 25.7 Å². The molecule has 0 aromatic heterocycles. The molecule has 3 rings (SSSR count). The van der Waals surface area contributed by atoms with Gasteiger partial charge in [-0.15, -0.1) is 0 Å². The minimum absolute atomic E-state index is 0. The Morgan fingerprint density at radius 3 is 0.420 bits per heavy atom. The summed E-state index contributed by atoms with van der Waals surface area (Å²) in [5, 5.41) is 0. The van der Waals surface area contributed by atoms with Crippen molar-refractivity contribution in [3.63, 3.8) is 0 Å². The van der Waals surface area contributed by atoms with Gasteiger partial charge in [-0.1, -0.05) is 14.9 Å². The Morgan fingerprint density at radius 2 is 0.300 bits per heavy atom. The number of hydrogen-bond donors (Lipinski definition) is 0. The van der Waals surface area contributed by atoms with Gasteiger partial charge in [0.2, 0.25) is 0 Å². The Bertz CT molecular complexity index is 662. The first-order valence-electron chi connectivity index (χ1n) is 17.2. The fourth-order valence-corrected chi connectivity index (χ4v) is 7.53. The molecule has 0 saturated carbocycles. The van der Waals surface area contributed by atoms with Gasteiger partial charge in [-0.05, 0) is 39.3 Å². The summed E-state index contributed by atoms with van der Waals surface area (Å²) in [6.07, 6.45) is 0. The molecule has 0 amide bonds. The van der Waals surface area contributed by atoms with Crippen LogP contribution in [0.1, 0.15) is 14.9 Å². The standard InChI is InChI=1S/C12H26O6Si.C10H22O5Si.C8H18O4Si.2CH4/c1-19(2)17-11-9-15-7-5-13-3-4-14-6-8-16-10-12-18-19;1-16(2)14-9-7-12-5-3-11-4-6-13-8-10-15-16;1-13(2)11-7-5-9-3-4-10-6-8-12-13;;/h3-12H2,1-2H3;3-10H2,1-2H3;3-8H2,1-2H3;2*1H4. The fraction of sp³-hybridized carbons (Fsp3) is 1.00. The first-order chi connectivity index (χ1) is 23.1. The lowest BCUT2D eigenvalue weighted by Gasteiger charge is -2.23. The van der Waals surface area contributed by atoms with Crippen molar-refractivity contribution in [1.82, 2.24) is 0 Å². The molecule has 0 spiro atoms. The first kappa shape index (κ1) is 52.2. The second-order valence-corrected chi connectivity index (χ2v) is 21.9. The van der Waals surface area contributed by atoms with Crippen LogP contribution in [0.2, 0.25) is 39.3 Å². The predicted octanol–water partition coefficient (Wildman–Crippen LogP) is 3.63. The summed E-state index contributed by atoms with van der Waals surface area (Å²) in [4.78, 5) is 0. The van der Waals surface area contributed by atoms with Crippen LogP contribution in [0.25, 0.3) is 0 Å². The van der Waals surface area contributed by atoms with Gasteiger partial charge < -0.3 is 69.2 Å². The highest BCUT2D eigenvalue weighted by Crippen LogP contribution is 2.08. The van der Waals surface area contributed by atoms with Gasteiger partial charge in [-0.25, -0.2) is 0 Å². The predicted molar refractivity (Wildman–Crippen MR) is 199 cm³/mol. The quantitative estimate of drug-likeness (QED) is 0.331. The van der Waals surface area contributed by atoms with Crippen LogP contribution in [0.5, 0.6) is 0 Å². The highest BCUT2D eigenvalue weighted by molar-refractivity contribution is 6.65. The number of ether oxygens (including phenoxy) is 9. The van der Waals surface area contributed by atoms with E-state index in [1.165, 1.54) is 0 Å². The minimum Gasteiger partial charge on any atom is -0.392 e. The third-order valence-electron chi connectivity index (χ3n) is 6.30. The highest BCUT2D eigenvalue weighted by atomic mass is 28.4. The minimum atomic E-state index is -2.05. The van der Waals surface area contributed by atoms with E-state index in [1.807, 2.05) is 39.3 Å². The molecule has 0 atom stereocenters. The summed E-state index contributed by atoms with van der Waals surface area (Å²) in [6, 6.07) is 0. The Balaban J connectivity index is 0. The number of hydrogen-bond acceptors (Lipinski definition) is 15. The summed E-state index contributed by atoms with van der Waals surface area (Å²) in [7, 11) is -5.95. The van der Waals surface area contributed by atoms with Crippen molar-refractivity contribution in [1.29, 1.82) is 0 Å². The van der Waals surface area contributed by atoms with Crippen LogP contribution in [0.3, 0.4) is 0 Å². The topological polar surface area (TPSA) is 138 Å². The molecule has 0 unspecified atom stereocenters. The largest absolute Gasteiger partial charge is 0.392 e. The van der Waals surface area contributed by atoms with Crippen molar-refractivity contribution in [2.75, 3.05) is 159 Å². The van der Waals surface area contributed by atoms with Crippen LogP contribution in [-0.2, 0) is 69.2 Å². The molecule has 0 radical (unpaired) electrons. The monoisotopic (exact) mass is 782 g/mol. The number of rotatable bonds is 0. The maximum atomic E-state index is 5.73. The third kappa shape index (κ3) is 36.4. The molecule has 3 fully saturated rings. The van der Waals surface area contributed by atoms with Gasteiger partial charge in [0.1, 0.15) is 0 Å². The van der Waals surface area contributed by atoms with Gasteiger partial charge in [-0.2, -0.15) is 0 Å². The smallest absolute Gasteiger partial charge is 0.331 e. The summed E-state index contributed by atoms with van der Waals surface area (Å²) < 4.78 is 82.0. The Kier molecular flexibility index (Phi) is 36.3. The Morgan fingerprint density at radius 1 is 0.200 bits per heavy atom. The molecule has 3 aliphatic heterocycles.